The second-order valence-electron chi connectivity index (χ2n) is 21.8. The van der Waals surface area contributed by atoms with Crippen LogP contribution in [-0.4, -0.2) is 137 Å². The third-order valence-corrected chi connectivity index (χ3v) is 14.9. The zero-order valence-corrected chi connectivity index (χ0v) is 43.4. The number of aromatic nitrogens is 2. The smallest absolute Gasteiger partial charge is 0.410 e. The third kappa shape index (κ3) is 11.3. The molecule has 3 aliphatic carbocycles. The number of halogens is 1. The average molecular weight is 1010 g/mol. The second-order valence-corrected chi connectivity index (χ2v) is 23.0. The summed E-state index contributed by atoms with van der Waals surface area (Å²) in [6, 6.07) is 2.73. The highest BCUT2D eigenvalue weighted by Gasteiger charge is 2.62. The van der Waals surface area contributed by atoms with Crippen molar-refractivity contribution in [3.63, 3.8) is 0 Å². The zero-order valence-electron chi connectivity index (χ0n) is 41.8. The van der Waals surface area contributed by atoms with Gasteiger partial charge in [-0.3, -0.25) is 14.5 Å². The third-order valence-electron chi connectivity index (χ3n) is 13.8. The van der Waals surface area contributed by atoms with E-state index < -0.39 is 70.8 Å². The van der Waals surface area contributed by atoms with Crippen LogP contribution < -0.4 is 25.4 Å². The maximum atomic E-state index is 15.0. The number of hydrogen-bond acceptors (Lipinski definition) is 15. The van der Waals surface area contributed by atoms with Crippen molar-refractivity contribution >= 4 is 68.9 Å². The highest BCUT2D eigenvalue weighted by Crippen LogP contribution is 2.52. The number of likely N-dealkylation sites (tertiary alicyclic amines) is 1. The topological polar surface area (TPSA) is 209 Å². The molecule has 9 atom stereocenters. The number of carbonyl (C=O) groups excluding carboxylic acids is 5. The Bertz CT molecular complexity index is 2470. The first kappa shape index (κ1) is 51.2. The molecule has 3 saturated carbocycles. The molecule has 0 unspecified atom stereocenters. The number of nitrogens with one attached hydrogen (secondary N) is 3. The quantitative estimate of drug-likeness (QED) is 0.0990. The molecule has 4 amide bonds. The number of alkyl carbamates (subject to hydrolysis) is 1. The van der Waals surface area contributed by atoms with Crippen LogP contribution in [0.5, 0.6) is 11.5 Å². The van der Waals surface area contributed by atoms with Crippen molar-refractivity contribution < 1.29 is 52.4 Å². The largest absolute Gasteiger partial charge is 0.490 e. The number of hydrogen-bond donors (Lipinski definition) is 3. The second kappa shape index (κ2) is 20.2. The van der Waals surface area contributed by atoms with Crippen molar-refractivity contribution in [1.29, 1.82) is 0 Å². The van der Waals surface area contributed by atoms with E-state index in [0.717, 1.165) is 19.3 Å². The van der Waals surface area contributed by atoms with E-state index in [-0.39, 0.29) is 49.3 Å². The molecule has 2 aliphatic heterocycles. The van der Waals surface area contributed by atoms with Crippen molar-refractivity contribution in [3.05, 3.63) is 28.6 Å². The molecule has 2 aromatic heterocycles. The van der Waals surface area contributed by atoms with Gasteiger partial charge in [0.2, 0.25) is 11.8 Å². The number of ether oxygens (including phenoxy) is 6. The van der Waals surface area contributed by atoms with Crippen LogP contribution in [-0.2, 0) is 33.3 Å². The molecule has 8 rings (SSSR count). The summed E-state index contributed by atoms with van der Waals surface area (Å²) in [6.45, 7) is 17.9. The molecule has 0 radical (unpaired) electrons. The van der Waals surface area contributed by atoms with Gasteiger partial charge in [0.05, 0.1) is 44.1 Å². The van der Waals surface area contributed by atoms with E-state index in [1.807, 2.05) is 67.7 Å². The van der Waals surface area contributed by atoms with Crippen LogP contribution in [0.4, 0.5) is 14.7 Å². The Morgan fingerprint density at radius 1 is 0.971 bits per heavy atom. The van der Waals surface area contributed by atoms with Crippen molar-refractivity contribution in [1.82, 2.24) is 30.4 Å². The highest BCUT2D eigenvalue weighted by atomic mass is 35.5. The average Bonchev–Trinajstić information content (AvgIpc) is 3.96. The SMILES string of the molecule is CC[C@@H]1C[C@]1(NC(=O)[C@@H]1C[C@@H](Oc2cc(-c3csc(NC(C)C)n3)nc3c(Cl)c(OC[C@@H]4COCCN4C(=O)OC(C)(C)C)ccc23)CN1C(=O)[C@@H](NC(=O)O[C@@H]1C[C@@H]2C[C@@H]2C1)C(C)(C)C)C(=O)OC. The lowest BCUT2D eigenvalue weighted by atomic mass is 9.85. The Morgan fingerprint density at radius 2 is 1.71 bits per heavy atom. The van der Waals surface area contributed by atoms with E-state index in [2.05, 4.69) is 16.0 Å². The molecule has 4 heterocycles. The Morgan fingerprint density at radius 3 is 2.37 bits per heavy atom. The molecular weight excluding hydrogens is 942 g/mol. The number of esters is 1. The van der Waals surface area contributed by atoms with Crippen LogP contribution in [0.25, 0.3) is 22.3 Å². The van der Waals surface area contributed by atoms with Gasteiger partial charge >= 0.3 is 18.2 Å². The van der Waals surface area contributed by atoms with Gasteiger partial charge in [0, 0.05) is 35.8 Å². The molecule has 18 nitrogen and oxygen atoms in total. The van der Waals surface area contributed by atoms with Gasteiger partial charge in [-0.1, -0.05) is 45.7 Å². The maximum absolute atomic E-state index is 15.0. The lowest BCUT2D eigenvalue weighted by Crippen LogP contribution is -2.59. The summed E-state index contributed by atoms with van der Waals surface area (Å²) < 4.78 is 35.6. The van der Waals surface area contributed by atoms with Gasteiger partial charge < -0.3 is 49.3 Å². The summed E-state index contributed by atoms with van der Waals surface area (Å²) in [5.74, 6) is 0.137. The monoisotopic (exact) mass is 1010 g/mol. The Labute approximate surface area is 418 Å². The van der Waals surface area contributed by atoms with Crippen molar-refractivity contribution in [3.8, 4) is 22.9 Å². The minimum absolute atomic E-state index is 0.0422. The minimum Gasteiger partial charge on any atom is -0.490 e. The molecule has 2 saturated heterocycles. The Balaban J connectivity index is 1.10. The maximum Gasteiger partial charge on any atom is 0.410 e. The number of rotatable bonds is 15. The molecule has 20 heteroatoms. The number of thiazole rings is 1. The first-order valence-electron chi connectivity index (χ1n) is 24.5. The van der Waals surface area contributed by atoms with E-state index >= 15 is 0 Å². The number of methoxy groups -OCH3 is 1. The predicted molar refractivity (Wildman–Crippen MR) is 263 cm³/mol. The molecule has 5 aliphatic rings. The summed E-state index contributed by atoms with van der Waals surface area (Å²) in [5.41, 5.74) is -1.36. The Hall–Kier alpha value is -5.14. The number of benzene rings is 1. The van der Waals surface area contributed by atoms with Crippen LogP contribution in [0, 0.1) is 23.2 Å². The van der Waals surface area contributed by atoms with Crippen LogP contribution in [0.2, 0.25) is 5.02 Å². The number of nitrogens with zero attached hydrogens (tertiary/aromatic N) is 4. The zero-order chi connectivity index (χ0) is 50.4. The molecule has 5 fully saturated rings. The first-order chi connectivity index (χ1) is 33.1. The normalized spacial score (nSPS) is 26.5. The molecule has 0 spiro atoms. The lowest BCUT2D eigenvalue weighted by molar-refractivity contribution is -0.148. The van der Waals surface area contributed by atoms with Gasteiger partial charge in [0.15, 0.2) is 5.13 Å². The van der Waals surface area contributed by atoms with Crippen LogP contribution in [0.1, 0.15) is 101 Å². The molecular formula is C50H68ClN7O11S. The van der Waals surface area contributed by atoms with Gasteiger partial charge in [-0.2, -0.15) is 0 Å². The number of fused-ring (bicyclic) bond motifs is 2. The fourth-order valence-corrected chi connectivity index (χ4v) is 11.1. The summed E-state index contributed by atoms with van der Waals surface area (Å²) in [6.07, 6.45) is 1.76. The Kier molecular flexibility index (Phi) is 14.8. The number of carbonyl (C=O) groups is 5. The van der Waals surface area contributed by atoms with Gasteiger partial charge in [0.1, 0.15) is 64.3 Å². The fourth-order valence-electron chi connectivity index (χ4n) is 9.98. The van der Waals surface area contributed by atoms with Crippen LogP contribution in [0.3, 0.4) is 0 Å². The highest BCUT2D eigenvalue weighted by molar-refractivity contribution is 7.14. The lowest BCUT2D eigenvalue weighted by Gasteiger charge is -2.36. The van der Waals surface area contributed by atoms with E-state index in [9.17, 15) is 24.0 Å². The van der Waals surface area contributed by atoms with Crippen molar-refractivity contribution in [2.24, 2.45) is 23.2 Å². The number of morpholine rings is 1. The predicted octanol–water partition coefficient (Wildman–Crippen LogP) is 7.59. The molecule has 1 aromatic carbocycles. The number of pyridine rings is 1. The summed E-state index contributed by atoms with van der Waals surface area (Å²) >= 11 is 8.63. The number of anilines is 1. The first-order valence-corrected chi connectivity index (χ1v) is 25.7. The van der Waals surface area contributed by atoms with Crippen molar-refractivity contribution in [2.45, 2.75) is 148 Å². The van der Waals surface area contributed by atoms with E-state index in [4.69, 9.17) is 50.0 Å². The standard InChI is InChI=1S/C50H68ClN7O11S/c1-11-29-21-50(29,44(61)64-10)56-42(59)36-19-32(22-58(36)43(60)41(48(4,5)6)55-46(62)68-31-17-27-16-28(27)18-31)67-38-20-34(35-25-70-45(54-35)52-26(2)3)53-40-33(38)12-13-37(39(40)51)66-24-30-23-65-15-14-57(30)47(63)69-49(7,8)9/h12-13,20,25-32,36,41H,11,14-19,21-24H2,1-10H3,(H,52,54)(H,55,62)(H,56,59)/t27-,28+,29-,30+,31+,32-,36+,41-,50-/m1/s1. The summed E-state index contributed by atoms with van der Waals surface area (Å²) in [7, 11) is 1.29. The van der Waals surface area contributed by atoms with Gasteiger partial charge in [-0.15, -0.1) is 11.3 Å². The van der Waals surface area contributed by atoms with E-state index in [1.165, 1.54) is 23.3 Å². The molecule has 3 N–H and O–H groups in total. The van der Waals surface area contributed by atoms with E-state index in [0.29, 0.717) is 76.8 Å². The molecule has 382 valence electrons. The minimum atomic E-state index is -1.22. The van der Waals surface area contributed by atoms with E-state index in [1.54, 1.807) is 23.1 Å². The van der Waals surface area contributed by atoms with Crippen LogP contribution in [0.15, 0.2) is 23.6 Å². The van der Waals surface area contributed by atoms with Crippen molar-refractivity contribution in [2.75, 3.05) is 45.3 Å². The molecule has 70 heavy (non-hydrogen) atoms. The molecule has 0 bridgehead atoms. The summed E-state index contributed by atoms with van der Waals surface area (Å²) in [5, 5.41) is 12.5. The fraction of sp³-hybridized carbons (Fsp3) is 0.660. The van der Waals surface area contributed by atoms with Gasteiger partial charge in [-0.25, -0.2) is 24.4 Å². The molecule has 3 aromatic rings. The summed E-state index contributed by atoms with van der Waals surface area (Å²) in [4.78, 5) is 82.2. The van der Waals surface area contributed by atoms with Gasteiger partial charge in [0.25, 0.3) is 0 Å². The van der Waals surface area contributed by atoms with Gasteiger partial charge in [-0.05, 0) is 95.6 Å². The van der Waals surface area contributed by atoms with Crippen LogP contribution >= 0.6 is 22.9 Å². The number of amides is 4.